The highest BCUT2D eigenvalue weighted by atomic mass is 19.1. The Balaban J connectivity index is 2.07. The Morgan fingerprint density at radius 3 is 2.61 bits per heavy atom. The first-order valence-corrected chi connectivity index (χ1v) is 7.13. The minimum absolute atomic E-state index is 0.0581. The third kappa shape index (κ3) is 4.65. The average molecular weight is 315 g/mol. The summed E-state index contributed by atoms with van der Waals surface area (Å²) in [5.41, 5.74) is -0.552. The van der Waals surface area contributed by atoms with Crippen molar-refractivity contribution in [3.63, 3.8) is 0 Å². The average Bonchev–Trinajstić information content (AvgIpc) is 3.01. The first kappa shape index (κ1) is 16.7. The number of nitrogens with zero attached hydrogens (tertiary/aromatic N) is 3. The Bertz CT molecular complexity index is 707. The Kier molecular flexibility index (Phi) is 5.12. The van der Waals surface area contributed by atoms with Crippen LogP contribution < -0.4 is 4.74 Å². The van der Waals surface area contributed by atoms with Crippen LogP contribution in [0.1, 0.15) is 26.8 Å². The van der Waals surface area contributed by atoms with Crippen molar-refractivity contribution in [3.8, 4) is 17.6 Å². The summed E-state index contributed by atoms with van der Waals surface area (Å²) in [5, 5.41) is 4.00. The van der Waals surface area contributed by atoms with E-state index < -0.39 is 11.5 Å². The third-order valence-corrected chi connectivity index (χ3v) is 3.05. The number of hydrogen-bond acceptors (Lipinski definition) is 4. The van der Waals surface area contributed by atoms with Gasteiger partial charge < -0.3 is 4.74 Å². The quantitative estimate of drug-likeness (QED) is 0.814. The van der Waals surface area contributed by atoms with E-state index in [0.717, 1.165) is 0 Å². The summed E-state index contributed by atoms with van der Waals surface area (Å²) < 4.78 is 19.6. The maximum absolute atomic E-state index is 12.8. The predicted octanol–water partition coefficient (Wildman–Crippen LogP) is 2.66. The van der Waals surface area contributed by atoms with Gasteiger partial charge in [-0.25, -0.2) is 14.1 Å². The van der Waals surface area contributed by atoms with Crippen molar-refractivity contribution in [2.45, 2.75) is 26.8 Å². The molecule has 1 aromatic heterocycles. The van der Waals surface area contributed by atoms with Crippen LogP contribution in [-0.4, -0.2) is 27.2 Å². The topological polar surface area (TPSA) is 57.0 Å². The monoisotopic (exact) mass is 315 g/mol. The van der Waals surface area contributed by atoms with Gasteiger partial charge in [-0.05, 0) is 24.3 Å². The number of hydrogen-bond donors (Lipinski definition) is 0. The van der Waals surface area contributed by atoms with E-state index in [-0.39, 0.29) is 18.2 Å². The maximum Gasteiger partial charge on any atom is 0.174 e. The van der Waals surface area contributed by atoms with Crippen molar-refractivity contribution in [2.75, 3.05) is 6.61 Å². The standard InChI is InChI=1S/C17H18FN3O2/c1-17(2,3)16(22)15(21-12-19-11-20-21)5-4-10-23-14-8-6-13(18)7-9-14/h6-9,11-12,15H,10H2,1-3H3. The Hall–Kier alpha value is -2.68. The molecule has 2 rings (SSSR count). The van der Waals surface area contributed by atoms with Crippen LogP contribution in [0.15, 0.2) is 36.9 Å². The molecule has 0 aliphatic heterocycles. The third-order valence-electron chi connectivity index (χ3n) is 3.05. The van der Waals surface area contributed by atoms with Gasteiger partial charge in [0.05, 0.1) is 0 Å². The van der Waals surface area contributed by atoms with Gasteiger partial charge in [0.1, 0.15) is 30.8 Å². The van der Waals surface area contributed by atoms with E-state index >= 15 is 0 Å². The lowest BCUT2D eigenvalue weighted by atomic mass is 9.86. The van der Waals surface area contributed by atoms with Crippen molar-refractivity contribution in [1.82, 2.24) is 14.8 Å². The molecule has 23 heavy (non-hydrogen) atoms. The maximum atomic E-state index is 12.8. The van der Waals surface area contributed by atoms with E-state index in [1.54, 1.807) is 0 Å². The van der Waals surface area contributed by atoms with Crippen LogP contribution in [-0.2, 0) is 4.79 Å². The number of aromatic nitrogens is 3. The summed E-state index contributed by atoms with van der Waals surface area (Å²) in [5.74, 6) is 5.81. The summed E-state index contributed by atoms with van der Waals surface area (Å²) in [4.78, 5) is 16.3. The first-order valence-electron chi connectivity index (χ1n) is 7.13. The van der Waals surface area contributed by atoms with Gasteiger partial charge in [-0.1, -0.05) is 32.6 Å². The molecular weight excluding hydrogens is 297 g/mol. The lowest BCUT2D eigenvalue weighted by Crippen LogP contribution is -2.30. The molecule has 0 radical (unpaired) electrons. The van der Waals surface area contributed by atoms with Crippen LogP contribution in [0.4, 0.5) is 4.39 Å². The molecule has 1 unspecified atom stereocenters. The summed E-state index contributed by atoms with van der Waals surface area (Å²) >= 11 is 0. The van der Waals surface area contributed by atoms with Crippen molar-refractivity contribution >= 4 is 5.78 Å². The minimum Gasteiger partial charge on any atom is -0.481 e. The van der Waals surface area contributed by atoms with Crippen LogP contribution in [0.25, 0.3) is 0 Å². The molecule has 0 bridgehead atoms. The van der Waals surface area contributed by atoms with Crippen LogP contribution >= 0.6 is 0 Å². The van der Waals surface area contributed by atoms with Gasteiger partial charge in [0.25, 0.3) is 0 Å². The Morgan fingerprint density at radius 2 is 2.04 bits per heavy atom. The number of Topliss-reactive ketones (excluding diaryl/α,β-unsaturated/α-hetero) is 1. The Labute approximate surface area is 134 Å². The summed E-state index contributed by atoms with van der Waals surface area (Å²) in [7, 11) is 0. The minimum atomic E-state index is -0.714. The molecule has 0 amide bonds. The number of rotatable bonds is 4. The molecule has 0 fully saturated rings. The SMILES string of the molecule is CC(C)(C)C(=O)C(C#CCOc1ccc(F)cc1)n1cncn1. The van der Waals surface area contributed by atoms with E-state index in [4.69, 9.17) is 4.74 Å². The predicted molar refractivity (Wildman–Crippen MR) is 83.2 cm³/mol. The lowest BCUT2D eigenvalue weighted by molar-refractivity contribution is -0.128. The van der Waals surface area contributed by atoms with Gasteiger partial charge in [-0.15, -0.1) is 0 Å². The summed E-state index contributed by atoms with van der Waals surface area (Å²) in [6.07, 6.45) is 2.82. The molecule has 1 atom stereocenters. The second-order valence-corrected chi connectivity index (χ2v) is 5.96. The molecule has 0 N–H and O–H groups in total. The highest BCUT2D eigenvalue weighted by Gasteiger charge is 2.30. The second-order valence-electron chi connectivity index (χ2n) is 5.96. The van der Waals surface area contributed by atoms with E-state index in [0.29, 0.717) is 5.75 Å². The molecular formula is C17H18FN3O2. The molecule has 2 aromatic rings. The molecule has 5 nitrogen and oxygen atoms in total. The van der Waals surface area contributed by atoms with E-state index in [1.807, 2.05) is 20.8 Å². The van der Waals surface area contributed by atoms with Crippen molar-refractivity contribution < 1.29 is 13.9 Å². The smallest absolute Gasteiger partial charge is 0.174 e. The Morgan fingerprint density at radius 1 is 1.35 bits per heavy atom. The van der Waals surface area contributed by atoms with Gasteiger partial charge in [0.2, 0.25) is 0 Å². The molecule has 1 heterocycles. The number of carbonyl (C=O) groups is 1. The molecule has 1 aromatic carbocycles. The number of benzene rings is 1. The molecule has 0 saturated heterocycles. The van der Waals surface area contributed by atoms with E-state index in [2.05, 4.69) is 21.9 Å². The van der Waals surface area contributed by atoms with Gasteiger partial charge in [0, 0.05) is 5.41 Å². The number of halogens is 1. The number of carbonyl (C=O) groups excluding carboxylic acids is 1. The van der Waals surface area contributed by atoms with Crippen molar-refractivity contribution in [2.24, 2.45) is 5.41 Å². The highest BCUT2D eigenvalue weighted by Crippen LogP contribution is 2.22. The van der Waals surface area contributed by atoms with Crippen molar-refractivity contribution in [1.29, 1.82) is 0 Å². The molecule has 0 aliphatic carbocycles. The van der Waals surface area contributed by atoms with Gasteiger partial charge in [-0.3, -0.25) is 4.79 Å². The van der Waals surface area contributed by atoms with Gasteiger partial charge in [0.15, 0.2) is 11.8 Å². The molecule has 0 saturated carbocycles. The van der Waals surface area contributed by atoms with Gasteiger partial charge in [-0.2, -0.15) is 5.10 Å². The molecule has 6 heteroatoms. The zero-order chi connectivity index (χ0) is 16.9. The molecule has 120 valence electrons. The number of ether oxygens (including phenoxy) is 1. The van der Waals surface area contributed by atoms with Gasteiger partial charge >= 0.3 is 0 Å². The normalized spacial score (nSPS) is 12.2. The first-order chi connectivity index (χ1) is 10.9. The van der Waals surface area contributed by atoms with Crippen LogP contribution in [0, 0.1) is 23.1 Å². The number of ketones is 1. The zero-order valence-corrected chi connectivity index (χ0v) is 13.3. The highest BCUT2D eigenvalue weighted by molar-refractivity contribution is 5.89. The fourth-order valence-electron chi connectivity index (χ4n) is 1.80. The van der Waals surface area contributed by atoms with Crippen molar-refractivity contribution in [3.05, 3.63) is 42.7 Å². The van der Waals surface area contributed by atoms with E-state index in [1.165, 1.54) is 41.6 Å². The fraction of sp³-hybridized carbons (Fsp3) is 0.353. The van der Waals surface area contributed by atoms with Crippen LogP contribution in [0.3, 0.4) is 0 Å². The largest absolute Gasteiger partial charge is 0.481 e. The van der Waals surface area contributed by atoms with Crippen LogP contribution in [0.2, 0.25) is 0 Å². The second kappa shape index (κ2) is 7.05. The molecule has 0 aliphatic rings. The summed E-state index contributed by atoms with van der Waals surface area (Å²) in [6.45, 7) is 5.58. The molecule has 0 spiro atoms. The zero-order valence-electron chi connectivity index (χ0n) is 13.3. The van der Waals surface area contributed by atoms with E-state index in [9.17, 15) is 9.18 Å². The summed E-state index contributed by atoms with van der Waals surface area (Å²) in [6, 6.07) is 4.95. The lowest BCUT2D eigenvalue weighted by Gasteiger charge is -2.20. The van der Waals surface area contributed by atoms with Crippen LogP contribution in [0.5, 0.6) is 5.75 Å². The fourth-order valence-corrected chi connectivity index (χ4v) is 1.80.